The number of hydrogen-bond acceptors (Lipinski definition) is 4. The van der Waals surface area contributed by atoms with Gasteiger partial charge in [-0.05, 0) is 30.2 Å². The number of aryl methyl sites for hydroxylation is 1. The van der Waals surface area contributed by atoms with E-state index in [4.69, 9.17) is 10.9 Å². The molecule has 6 heteroatoms. The third-order valence-corrected chi connectivity index (χ3v) is 4.03. The number of amides is 1. The van der Waals surface area contributed by atoms with Crippen molar-refractivity contribution < 1.29 is 10.0 Å². The van der Waals surface area contributed by atoms with Gasteiger partial charge < -0.3 is 15.8 Å². The van der Waals surface area contributed by atoms with Gasteiger partial charge in [0.25, 0.3) is 0 Å². The molecule has 0 radical (unpaired) electrons. The van der Waals surface area contributed by atoms with Gasteiger partial charge in [-0.25, -0.2) is 0 Å². The van der Waals surface area contributed by atoms with Crippen LogP contribution in [0.1, 0.15) is 38.0 Å². The fraction of sp³-hybridized carbons (Fsp3) is 0.600. The molecule has 0 spiro atoms. The zero-order chi connectivity index (χ0) is 15.7. The smallest absolute Gasteiger partial charge is 0.222 e. The number of hydrogen-bond donors (Lipinski definition) is 2. The Morgan fingerprint density at radius 1 is 1.48 bits per heavy atom. The van der Waals surface area contributed by atoms with Crippen LogP contribution in [-0.2, 0) is 11.2 Å². The van der Waals surface area contributed by atoms with Crippen molar-refractivity contribution in [2.24, 2.45) is 16.8 Å². The van der Waals surface area contributed by atoms with E-state index in [9.17, 15) is 4.79 Å². The van der Waals surface area contributed by atoms with Crippen molar-refractivity contribution in [2.45, 2.75) is 39.5 Å². The molecule has 1 rings (SSSR count). The molecule has 0 aliphatic heterocycles. The minimum absolute atomic E-state index is 0.144. The second-order valence-electron chi connectivity index (χ2n) is 5.51. The van der Waals surface area contributed by atoms with E-state index in [1.165, 1.54) is 4.88 Å². The molecule has 0 saturated carbocycles. The Kier molecular flexibility index (Phi) is 7.82. The van der Waals surface area contributed by atoms with Crippen LogP contribution in [0.2, 0.25) is 0 Å². The summed E-state index contributed by atoms with van der Waals surface area (Å²) in [5.41, 5.74) is 5.48. The molecule has 0 bridgehead atoms. The van der Waals surface area contributed by atoms with Crippen LogP contribution in [0.5, 0.6) is 0 Å². The maximum Gasteiger partial charge on any atom is 0.222 e. The number of carbonyl (C=O) groups excluding carboxylic acids is 1. The zero-order valence-corrected chi connectivity index (χ0v) is 13.6. The quantitative estimate of drug-likeness (QED) is 0.318. The first kappa shape index (κ1) is 17.5. The molecular formula is C15H25N3O2S. The number of nitrogens with two attached hydrogens (primary N) is 1. The maximum absolute atomic E-state index is 12.3. The van der Waals surface area contributed by atoms with Gasteiger partial charge in [0.15, 0.2) is 0 Å². The van der Waals surface area contributed by atoms with E-state index in [-0.39, 0.29) is 11.7 Å². The summed E-state index contributed by atoms with van der Waals surface area (Å²) in [4.78, 5) is 15.4. The number of oxime groups is 1. The Hall–Kier alpha value is -1.56. The first-order valence-corrected chi connectivity index (χ1v) is 8.17. The summed E-state index contributed by atoms with van der Waals surface area (Å²) in [7, 11) is 0. The molecule has 1 amide bonds. The molecule has 0 atom stereocenters. The Morgan fingerprint density at radius 3 is 2.81 bits per heavy atom. The normalized spacial score (nSPS) is 11.9. The third kappa shape index (κ3) is 7.13. The summed E-state index contributed by atoms with van der Waals surface area (Å²) in [6, 6.07) is 4.13. The summed E-state index contributed by atoms with van der Waals surface area (Å²) in [5, 5.41) is 13.6. The standard InChI is InChI=1S/C15H25N3O2S/c1-12(2)11-18(9-8-14(16)17-20)15(19)7-3-5-13-6-4-10-21-13/h4,6,10,12,20H,3,5,7-9,11H2,1-2H3,(H2,16,17). The number of rotatable bonds is 9. The van der Waals surface area contributed by atoms with Gasteiger partial charge in [-0.15, -0.1) is 11.3 Å². The van der Waals surface area contributed by atoms with E-state index in [2.05, 4.69) is 30.4 Å². The van der Waals surface area contributed by atoms with Crippen LogP contribution >= 0.6 is 11.3 Å². The van der Waals surface area contributed by atoms with Gasteiger partial charge in [-0.1, -0.05) is 25.1 Å². The van der Waals surface area contributed by atoms with Crippen LogP contribution in [0.3, 0.4) is 0 Å². The molecule has 0 aromatic carbocycles. The molecule has 1 heterocycles. The van der Waals surface area contributed by atoms with Crippen LogP contribution in [0.15, 0.2) is 22.7 Å². The lowest BCUT2D eigenvalue weighted by molar-refractivity contribution is -0.131. The number of nitrogens with zero attached hydrogens (tertiary/aromatic N) is 2. The minimum Gasteiger partial charge on any atom is -0.409 e. The van der Waals surface area contributed by atoms with Gasteiger partial charge in [0.2, 0.25) is 5.91 Å². The highest BCUT2D eigenvalue weighted by Gasteiger charge is 2.15. The Balaban J connectivity index is 2.42. The van der Waals surface area contributed by atoms with Crippen molar-refractivity contribution in [3.05, 3.63) is 22.4 Å². The Labute approximate surface area is 130 Å². The molecule has 1 aromatic rings. The maximum atomic E-state index is 12.3. The van der Waals surface area contributed by atoms with Crippen LogP contribution in [-0.4, -0.2) is 34.9 Å². The van der Waals surface area contributed by atoms with Crippen LogP contribution < -0.4 is 5.73 Å². The van der Waals surface area contributed by atoms with Crippen LogP contribution in [0, 0.1) is 5.92 Å². The molecule has 0 saturated heterocycles. The molecule has 0 unspecified atom stereocenters. The lowest BCUT2D eigenvalue weighted by Gasteiger charge is -2.24. The van der Waals surface area contributed by atoms with E-state index < -0.39 is 0 Å². The highest BCUT2D eigenvalue weighted by atomic mass is 32.1. The number of thiophene rings is 1. The first-order valence-electron chi connectivity index (χ1n) is 7.29. The molecule has 0 fully saturated rings. The molecule has 3 N–H and O–H groups in total. The van der Waals surface area contributed by atoms with E-state index in [0.717, 1.165) is 12.8 Å². The average Bonchev–Trinajstić information content (AvgIpc) is 2.95. The van der Waals surface area contributed by atoms with Crippen LogP contribution in [0.25, 0.3) is 0 Å². The van der Waals surface area contributed by atoms with Crippen molar-refractivity contribution in [3.8, 4) is 0 Å². The molecule has 0 aliphatic carbocycles. The monoisotopic (exact) mass is 311 g/mol. The topological polar surface area (TPSA) is 78.9 Å². The van der Waals surface area contributed by atoms with Crippen molar-refractivity contribution >= 4 is 23.1 Å². The summed E-state index contributed by atoms with van der Waals surface area (Å²) in [5.74, 6) is 0.708. The lowest BCUT2D eigenvalue weighted by atomic mass is 10.1. The van der Waals surface area contributed by atoms with E-state index in [1.54, 1.807) is 11.3 Å². The SMILES string of the molecule is CC(C)CN(CCC(N)=NO)C(=O)CCCc1cccs1. The molecule has 118 valence electrons. The van der Waals surface area contributed by atoms with E-state index in [1.807, 2.05) is 11.0 Å². The van der Waals surface area contributed by atoms with Gasteiger partial charge >= 0.3 is 0 Å². The number of carbonyl (C=O) groups is 1. The molecule has 5 nitrogen and oxygen atoms in total. The Morgan fingerprint density at radius 2 is 2.24 bits per heavy atom. The van der Waals surface area contributed by atoms with E-state index >= 15 is 0 Å². The van der Waals surface area contributed by atoms with Crippen LogP contribution in [0.4, 0.5) is 0 Å². The highest BCUT2D eigenvalue weighted by Crippen LogP contribution is 2.13. The summed E-state index contributed by atoms with van der Waals surface area (Å²) in [6.07, 6.45) is 2.75. The van der Waals surface area contributed by atoms with Crippen molar-refractivity contribution in [2.75, 3.05) is 13.1 Å². The Bertz CT molecular complexity index is 444. The molecular weight excluding hydrogens is 286 g/mol. The number of amidine groups is 1. The minimum atomic E-state index is 0.144. The summed E-state index contributed by atoms with van der Waals surface area (Å²) in [6.45, 7) is 5.37. The average molecular weight is 311 g/mol. The summed E-state index contributed by atoms with van der Waals surface area (Å²) < 4.78 is 0. The van der Waals surface area contributed by atoms with Crippen molar-refractivity contribution in [1.29, 1.82) is 0 Å². The fourth-order valence-electron chi connectivity index (χ4n) is 2.08. The van der Waals surface area contributed by atoms with E-state index in [0.29, 0.717) is 31.8 Å². The largest absolute Gasteiger partial charge is 0.409 e. The second-order valence-corrected chi connectivity index (χ2v) is 6.54. The highest BCUT2D eigenvalue weighted by molar-refractivity contribution is 7.09. The van der Waals surface area contributed by atoms with Crippen molar-refractivity contribution in [3.63, 3.8) is 0 Å². The molecule has 0 aliphatic rings. The summed E-state index contributed by atoms with van der Waals surface area (Å²) >= 11 is 1.73. The molecule has 1 aromatic heterocycles. The van der Waals surface area contributed by atoms with Gasteiger partial charge in [0.05, 0.1) is 0 Å². The fourth-order valence-corrected chi connectivity index (χ4v) is 2.84. The predicted octanol–water partition coefficient (Wildman–Crippen LogP) is 2.69. The van der Waals surface area contributed by atoms with Crippen molar-refractivity contribution in [1.82, 2.24) is 4.90 Å². The van der Waals surface area contributed by atoms with Gasteiger partial charge in [-0.3, -0.25) is 4.79 Å². The third-order valence-electron chi connectivity index (χ3n) is 3.10. The predicted molar refractivity (Wildman–Crippen MR) is 86.7 cm³/mol. The van der Waals surface area contributed by atoms with Gasteiger partial charge in [0, 0.05) is 30.8 Å². The molecule has 21 heavy (non-hydrogen) atoms. The second kappa shape index (κ2) is 9.39. The first-order chi connectivity index (χ1) is 10.0. The van der Waals surface area contributed by atoms with Gasteiger partial charge in [-0.2, -0.15) is 0 Å². The van der Waals surface area contributed by atoms with Gasteiger partial charge in [0.1, 0.15) is 5.84 Å². The zero-order valence-electron chi connectivity index (χ0n) is 12.8. The lowest BCUT2D eigenvalue weighted by Crippen LogP contribution is -2.36.